The van der Waals surface area contributed by atoms with Crippen molar-refractivity contribution in [3.63, 3.8) is 0 Å². The highest BCUT2D eigenvalue weighted by Gasteiger charge is 2.08. The normalized spacial score (nSPS) is 10.5. The van der Waals surface area contributed by atoms with Gasteiger partial charge < -0.3 is 5.11 Å². The summed E-state index contributed by atoms with van der Waals surface area (Å²) in [6.45, 7) is 1.82. The molecule has 5 nitrogen and oxygen atoms in total. The van der Waals surface area contributed by atoms with Gasteiger partial charge in [-0.25, -0.2) is 9.67 Å². The number of carboxylic acids is 1. The number of nitrogens with zero attached hydrogens (tertiary/aromatic N) is 3. The van der Waals surface area contributed by atoms with Crippen molar-refractivity contribution < 1.29 is 9.90 Å². The molecule has 5 heteroatoms. The lowest BCUT2D eigenvalue weighted by Gasteiger charge is -2.02. The number of hydrogen-bond acceptors (Lipinski definition) is 3. The SMILES string of the molecule is Cc1nc(-c2cccc(CC(=O)O)c2)n(C)n1. The van der Waals surface area contributed by atoms with E-state index in [1.165, 1.54) is 0 Å². The number of aliphatic carboxylic acids is 1. The molecule has 0 aliphatic heterocycles. The van der Waals surface area contributed by atoms with Crippen molar-refractivity contribution in [3.8, 4) is 11.4 Å². The lowest BCUT2D eigenvalue weighted by Crippen LogP contribution is -2.00. The van der Waals surface area contributed by atoms with Crippen molar-refractivity contribution in [3.05, 3.63) is 35.7 Å². The van der Waals surface area contributed by atoms with Gasteiger partial charge in [0.2, 0.25) is 0 Å². The van der Waals surface area contributed by atoms with Crippen LogP contribution in [0.5, 0.6) is 0 Å². The Morgan fingerprint density at radius 2 is 2.24 bits per heavy atom. The Balaban J connectivity index is 2.39. The zero-order valence-electron chi connectivity index (χ0n) is 9.71. The fraction of sp³-hybridized carbons (Fsp3) is 0.250. The van der Waals surface area contributed by atoms with Crippen molar-refractivity contribution in [1.82, 2.24) is 14.8 Å². The number of aryl methyl sites for hydroxylation is 2. The summed E-state index contributed by atoms with van der Waals surface area (Å²) >= 11 is 0. The second-order valence-corrected chi connectivity index (χ2v) is 3.88. The molecule has 2 rings (SSSR count). The Bertz CT molecular complexity index is 561. The van der Waals surface area contributed by atoms with Crippen LogP contribution in [0.1, 0.15) is 11.4 Å². The third kappa shape index (κ3) is 2.50. The van der Waals surface area contributed by atoms with Crippen LogP contribution in [-0.4, -0.2) is 25.8 Å². The van der Waals surface area contributed by atoms with Crippen LogP contribution in [-0.2, 0) is 18.3 Å². The van der Waals surface area contributed by atoms with Gasteiger partial charge in [-0.05, 0) is 18.6 Å². The molecule has 1 aromatic carbocycles. The predicted molar refractivity (Wildman–Crippen MR) is 62.5 cm³/mol. The molecule has 0 amide bonds. The first-order valence-electron chi connectivity index (χ1n) is 5.25. The van der Waals surface area contributed by atoms with Crippen LogP contribution in [0.15, 0.2) is 24.3 Å². The van der Waals surface area contributed by atoms with Crippen LogP contribution < -0.4 is 0 Å². The van der Waals surface area contributed by atoms with Gasteiger partial charge in [0.15, 0.2) is 5.82 Å². The van der Waals surface area contributed by atoms with Crippen LogP contribution in [0.3, 0.4) is 0 Å². The van der Waals surface area contributed by atoms with E-state index < -0.39 is 5.97 Å². The summed E-state index contributed by atoms with van der Waals surface area (Å²) < 4.78 is 1.69. The van der Waals surface area contributed by atoms with Crippen molar-refractivity contribution in [2.24, 2.45) is 7.05 Å². The Kier molecular flexibility index (Phi) is 2.91. The molecule has 1 heterocycles. The van der Waals surface area contributed by atoms with Crippen molar-refractivity contribution in [2.45, 2.75) is 13.3 Å². The summed E-state index contributed by atoms with van der Waals surface area (Å²) in [7, 11) is 1.82. The molecule has 17 heavy (non-hydrogen) atoms. The van der Waals surface area contributed by atoms with E-state index in [4.69, 9.17) is 5.11 Å². The maximum Gasteiger partial charge on any atom is 0.307 e. The van der Waals surface area contributed by atoms with Gasteiger partial charge in [0.05, 0.1) is 6.42 Å². The van der Waals surface area contributed by atoms with Gasteiger partial charge in [-0.3, -0.25) is 4.79 Å². The number of benzene rings is 1. The highest BCUT2D eigenvalue weighted by molar-refractivity contribution is 5.71. The molecule has 0 saturated heterocycles. The van der Waals surface area contributed by atoms with E-state index in [1.807, 2.05) is 32.2 Å². The van der Waals surface area contributed by atoms with E-state index in [0.717, 1.165) is 17.0 Å². The number of rotatable bonds is 3. The van der Waals surface area contributed by atoms with Crippen LogP contribution in [0.2, 0.25) is 0 Å². The van der Waals surface area contributed by atoms with Crippen LogP contribution >= 0.6 is 0 Å². The van der Waals surface area contributed by atoms with Crippen LogP contribution in [0, 0.1) is 6.92 Å². The molecule has 0 radical (unpaired) electrons. The second kappa shape index (κ2) is 4.37. The van der Waals surface area contributed by atoms with Gasteiger partial charge in [0.25, 0.3) is 0 Å². The van der Waals surface area contributed by atoms with E-state index >= 15 is 0 Å². The number of hydrogen-bond donors (Lipinski definition) is 1. The van der Waals surface area contributed by atoms with Crippen LogP contribution in [0.25, 0.3) is 11.4 Å². The first-order valence-corrected chi connectivity index (χ1v) is 5.25. The average Bonchev–Trinajstić information content (AvgIpc) is 2.57. The average molecular weight is 231 g/mol. The number of carbonyl (C=O) groups is 1. The Morgan fingerprint density at radius 1 is 1.47 bits per heavy atom. The molecule has 0 aliphatic rings. The molecule has 1 N–H and O–H groups in total. The summed E-state index contributed by atoms with van der Waals surface area (Å²) in [5.74, 6) is 0.608. The molecule has 0 saturated carbocycles. The predicted octanol–water partition coefficient (Wildman–Crippen LogP) is 1.42. The fourth-order valence-corrected chi connectivity index (χ4v) is 1.76. The largest absolute Gasteiger partial charge is 0.481 e. The van der Waals surface area contributed by atoms with E-state index in [9.17, 15) is 4.79 Å². The molecule has 0 bridgehead atoms. The quantitative estimate of drug-likeness (QED) is 0.867. The lowest BCUT2D eigenvalue weighted by atomic mass is 10.1. The Labute approximate surface area is 98.7 Å². The standard InChI is InChI=1S/C12H13N3O2/c1-8-13-12(15(2)14-8)10-5-3-4-9(6-10)7-11(16)17/h3-6H,7H2,1-2H3,(H,16,17). The smallest absolute Gasteiger partial charge is 0.307 e. The van der Waals surface area contributed by atoms with Gasteiger partial charge in [0.1, 0.15) is 5.82 Å². The summed E-state index contributed by atoms with van der Waals surface area (Å²) in [6.07, 6.45) is 0.0185. The molecule has 88 valence electrons. The minimum absolute atomic E-state index is 0.0185. The molecular weight excluding hydrogens is 218 g/mol. The molecule has 0 unspecified atom stereocenters. The molecular formula is C12H13N3O2. The van der Waals surface area contributed by atoms with Crippen molar-refractivity contribution in [1.29, 1.82) is 0 Å². The van der Waals surface area contributed by atoms with E-state index in [2.05, 4.69) is 10.1 Å². The van der Waals surface area contributed by atoms with Gasteiger partial charge >= 0.3 is 5.97 Å². The van der Waals surface area contributed by atoms with Crippen LogP contribution in [0.4, 0.5) is 0 Å². The van der Waals surface area contributed by atoms with Crippen molar-refractivity contribution >= 4 is 5.97 Å². The minimum atomic E-state index is -0.837. The van der Waals surface area contributed by atoms with E-state index in [1.54, 1.807) is 10.7 Å². The highest BCUT2D eigenvalue weighted by atomic mass is 16.4. The van der Waals surface area contributed by atoms with Crippen molar-refractivity contribution in [2.75, 3.05) is 0 Å². The third-order valence-electron chi connectivity index (χ3n) is 2.41. The summed E-state index contributed by atoms with van der Waals surface area (Å²) in [4.78, 5) is 15.0. The second-order valence-electron chi connectivity index (χ2n) is 3.88. The Hall–Kier alpha value is -2.17. The zero-order chi connectivity index (χ0) is 12.4. The zero-order valence-corrected chi connectivity index (χ0v) is 9.71. The van der Waals surface area contributed by atoms with E-state index in [-0.39, 0.29) is 6.42 Å². The van der Waals surface area contributed by atoms with E-state index in [0.29, 0.717) is 5.82 Å². The Morgan fingerprint density at radius 3 is 2.82 bits per heavy atom. The lowest BCUT2D eigenvalue weighted by molar-refractivity contribution is -0.136. The molecule has 0 aliphatic carbocycles. The first-order chi connectivity index (χ1) is 8.06. The number of carboxylic acid groups (broad SMARTS) is 1. The van der Waals surface area contributed by atoms with Gasteiger partial charge in [-0.15, -0.1) is 0 Å². The van der Waals surface area contributed by atoms with Gasteiger partial charge in [-0.1, -0.05) is 18.2 Å². The van der Waals surface area contributed by atoms with Gasteiger partial charge in [0, 0.05) is 12.6 Å². The molecule has 1 aromatic heterocycles. The molecule has 0 spiro atoms. The monoisotopic (exact) mass is 231 g/mol. The minimum Gasteiger partial charge on any atom is -0.481 e. The maximum absolute atomic E-state index is 10.7. The molecule has 0 fully saturated rings. The third-order valence-corrected chi connectivity index (χ3v) is 2.41. The highest BCUT2D eigenvalue weighted by Crippen LogP contribution is 2.18. The fourth-order valence-electron chi connectivity index (χ4n) is 1.76. The molecule has 0 atom stereocenters. The first kappa shape index (κ1) is 11.3. The summed E-state index contributed by atoms with van der Waals surface area (Å²) in [5.41, 5.74) is 1.64. The topological polar surface area (TPSA) is 68.0 Å². The summed E-state index contributed by atoms with van der Waals surface area (Å²) in [6, 6.07) is 7.35. The summed E-state index contributed by atoms with van der Waals surface area (Å²) in [5, 5.41) is 12.9. The van der Waals surface area contributed by atoms with Gasteiger partial charge in [-0.2, -0.15) is 5.10 Å². The maximum atomic E-state index is 10.7. The molecule has 2 aromatic rings. The number of aromatic nitrogens is 3.